The van der Waals surface area contributed by atoms with Crippen molar-refractivity contribution in [2.75, 3.05) is 41.0 Å². The molecule has 0 saturated carbocycles. The van der Waals surface area contributed by atoms with E-state index < -0.39 is 0 Å². The number of methoxy groups -OCH3 is 2. The predicted molar refractivity (Wildman–Crippen MR) is 98.1 cm³/mol. The Morgan fingerprint density at radius 2 is 1.77 bits per heavy atom. The summed E-state index contributed by atoms with van der Waals surface area (Å²) in [5.41, 5.74) is 1.70. The second-order valence-electron chi connectivity index (χ2n) is 4.36. The quantitative estimate of drug-likeness (QED) is 0.229. The third-order valence-electron chi connectivity index (χ3n) is 2.90. The SMILES string of the molecule is CN=C(NCCOC)NCCc1ccc(C(=O)OC)cc1.I. The lowest BCUT2D eigenvalue weighted by molar-refractivity contribution is 0.0600. The van der Waals surface area contributed by atoms with E-state index in [4.69, 9.17) is 4.74 Å². The van der Waals surface area contributed by atoms with Crippen molar-refractivity contribution >= 4 is 35.9 Å². The van der Waals surface area contributed by atoms with Gasteiger partial charge in [0.25, 0.3) is 0 Å². The van der Waals surface area contributed by atoms with Crippen molar-refractivity contribution in [3.8, 4) is 0 Å². The predicted octanol–water partition coefficient (Wildman–Crippen LogP) is 1.45. The molecule has 0 unspecified atom stereocenters. The second-order valence-corrected chi connectivity index (χ2v) is 4.36. The van der Waals surface area contributed by atoms with E-state index in [1.54, 1.807) is 26.3 Å². The monoisotopic (exact) mass is 421 g/mol. The number of halogens is 1. The summed E-state index contributed by atoms with van der Waals surface area (Å²) >= 11 is 0. The van der Waals surface area contributed by atoms with Gasteiger partial charge in [0.1, 0.15) is 0 Å². The first kappa shape index (κ1) is 20.6. The molecular formula is C15H24IN3O3. The minimum atomic E-state index is -0.317. The number of aliphatic imine (C=N–C) groups is 1. The first-order valence-corrected chi connectivity index (χ1v) is 6.82. The summed E-state index contributed by atoms with van der Waals surface area (Å²) in [5.74, 6) is 0.431. The average Bonchev–Trinajstić information content (AvgIpc) is 2.53. The Balaban J connectivity index is 0.00000441. The Labute approximate surface area is 148 Å². The Hall–Kier alpha value is -1.35. The van der Waals surface area contributed by atoms with Crippen LogP contribution in [0.1, 0.15) is 15.9 Å². The summed E-state index contributed by atoms with van der Waals surface area (Å²) in [6.07, 6.45) is 0.840. The molecule has 0 aliphatic rings. The van der Waals surface area contributed by atoms with Gasteiger partial charge in [-0.2, -0.15) is 0 Å². The van der Waals surface area contributed by atoms with Crippen molar-refractivity contribution in [3.05, 3.63) is 35.4 Å². The summed E-state index contributed by atoms with van der Waals surface area (Å²) in [6.45, 7) is 2.10. The summed E-state index contributed by atoms with van der Waals surface area (Å²) in [6, 6.07) is 7.39. The van der Waals surface area contributed by atoms with Gasteiger partial charge in [0, 0.05) is 27.2 Å². The fraction of sp³-hybridized carbons (Fsp3) is 0.467. The highest BCUT2D eigenvalue weighted by molar-refractivity contribution is 14.0. The zero-order valence-electron chi connectivity index (χ0n) is 13.2. The van der Waals surface area contributed by atoms with Crippen molar-refractivity contribution < 1.29 is 14.3 Å². The topological polar surface area (TPSA) is 72.0 Å². The number of hydrogen-bond acceptors (Lipinski definition) is 4. The van der Waals surface area contributed by atoms with Gasteiger partial charge in [-0.1, -0.05) is 12.1 Å². The Kier molecular flexibility index (Phi) is 11.5. The lowest BCUT2D eigenvalue weighted by Crippen LogP contribution is -2.39. The van der Waals surface area contributed by atoms with Gasteiger partial charge in [0.05, 0.1) is 19.3 Å². The Morgan fingerprint density at radius 1 is 1.14 bits per heavy atom. The van der Waals surface area contributed by atoms with Crippen LogP contribution in [0.4, 0.5) is 0 Å². The maximum atomic E-state index is 11.3. The molecule has 124 valence electrons. The highest BCUT2D eigenvalue weighted by Crippen LogP contribution is 2.06. The summed E-state index contributed by atoms with van der Waals surface area (Å²) in [4.78, 5) is 15.4. The lowest BCUT2D eigenvalue weighted by atomic mass is 10.1. The van der Waals surface area contributed by atoms with Gasteiger partial charge >= 0.3 is 5.97 Å². The van der Waals surface area contributed by atoms with Gasteiger partial charge in [0.2, 0.25) is 0 Å². The van der Waals surface area contributed by atoms with Crippen molar-refractivity contribution in [2.45, 2.75) is 6.42 Å². The third kappa shape index (κ3) is 7.60. The van der Waals surface area contributed by atoms with Crippen LogP contribution in [-0.2, 0) is 15.9 Å². The van der Waals surface area contributed by atoms with E-state index >= 15 is 0 Å². The zero-order chi connectivity index (χ0) is 15.5. The maximum Gasteiger partial charge on any atom is 0.337 e. The van der Waals surface area contributed by atoms with Gasteiger partial charge in [-0.25, -0.2) is 4.79 Å². The maximum absolute atomic E-state index is 11.3. The molecule has 2 N–H and O–H groups in total. The normalized spacial score (nSPS) is 10.6. The van der Waals surface area contributed by atoms with Gasteiger partial charge in [-0.3, -0.25) is 4.99 Å². The minimum Gasteiger partial charge on any atom is -0.465 e. The highest BCUT2D eigenvalue weighted by atomic mass is 127. The van der Waals surface area contributed by atoms with E-state index in [0.717, 1.165) is 24.5 Å². The highest BCUT2D eigenvalue weighted by Gasteiger charge is 2.04. The summed E-state index contributed by atoms with van der Waals surface area (Å²) in [5, 5.41) is 6.36. The molecule has 6 nitrogen and oxygen atoms in total. The molecule has 0 bridgehead atoms. The minimum absolute atomic E-state index is 0. The zero-order valence-corrected chi connectivity index (χ0v) is 15.5. The van der Waals surface area contributed by atoms with Crippen LogP contribution >= 0.6 is 24.0 Å². The van der Waals surface area contributed by atoms with E-state index in [-0.39, 0.29) is 29.9 Å². The van der Waals surface area contributed by atoms with E-state index in [1.165, 1.54) is 7.11 Å². The van der Waals surface area contributed by atoms with Crippen LogP contribution in [0.5, 0.6) is 0 Å². The van der Waals surface area contributed by atoms with Gasteiger partial charge < -0.3 is 20.1 Å². The van der Waals surface area contributed by atoms with Crippen molar-refractivity contribution in [1.29, 1.82) is 0 Å². The molecule has 22 heavy (non-hydrogen) atoms. The number of nitrogens with zero attached hydrogens (tertiary/aromatic N) is 1. The van der Waals surface area contributed by atoms with Gasteiger partial charge in [0.15, 0.2) is 5.96 Å². The number of benzene rings is 1. The molecule has 1 rings (SSSR count). The van der Waals surface area contributed by atoms with Crippen molar-refractivity contribution in [3.63, 3.8) is 0 Å². The Bertz CT molecular complexity index is 464. The number of ether oxygens (including phenoxy) is 2. The number of carbonyl (C=O) groups is 1. The van der Waals surface area contributed by atoms with Crippen LogP contribution in [0.2, 0.25) is 0 Å². The summed E-state index contributed by atoms with van der Waals surface area (Å²) < 4.78 is 9.63. The molecule has 0 atom stereocenters. The molecular weight excluding hydrogens is 397 g/mol. The number of guanidine groups is 1. The van der Waals surface area contributed by atoms with E-state index in [9.17, 15) is 4.79 Å². The third-order valence-corrected chi connectivity index (χ3v) is 2.90. The smallest absolute Gasteiger partial charge is 0.337 e. The van der Waals surface area contributed by atoms with Crippen LogP contribution in [-0.4, -0.2) is 52.9 Å². The molecule has 0 saturated heterocycles. The molecule has 0 fully saturated rings. The number of nitrogens with one attached hydrogen (secondary N) is 2. The molecule has 1 aromatic carbocycles. The number of carbonyl (C=O) groups excluding carboxylic acids is 1. The van der Waals surface area contributed by atoms with Crippen molar-refractivity contribution in [1.82, 2.24) is 10.6 Å². The first-order chi connectivity index (χ1) is 10.2. The fourth-order valence-electron chi connectivity index (χ4n) is 1.74. The second kappa shape index (κ2) is 12.2. The van der Waals surface area contributed by atoms with Crippen LogP contribution in [0.3, 0.4) is 0 Å². The van der Waals surface area contributed by atoms with E-state index in [2.05, 4.69) is 20.4 Å². The van der Waals surface area contributed by atoms with Crippen LogP contribution in [0, 0.1) is 0 Å². The Morgan fingerprint density at radius 3 is 2.32 bits per heavy atom. The molecule has 1 aromatic rings. The molecule has 7 heteroatoms. The number of hydrogen-bond donors (Lipinski definition) is 2. The van der Waals surface area contributed by atoms with Crippen LogP contribution < -0.4 is 10.6 Å². The molecule has 0 aromatic heterocycles. The molecule has 0 heterocycles. The fourth-order valence-corrected chi connectivity index (χ4v) is 1.74. The average molecular weight is 421 g/mol. The lowest BCUT2D eigenvalue weighted by Gasteiger charge is -2.11. The van der Waals surface area contributed by atoms with E-state index in [0.29, 0.717) is 18.7 Å². The molecule has 0 aliphatic carbocycles. The molecule has 0 radical (unpaired) electrons. The van der Waals surface area contributed by atoms with E-state index in [1.807, 2.05) is 12.1 Å². The van der Waals surface area contributed by atoms with Crippen LogP contribution in [0.25, 0.3) is 0 Å². The summed E-state index contributed by atoms with van der Waals surface area (Å²) in [7, 11) is 4.77. The van der Waals surface area contributed by atoms with Crippen LogP contribution in [0.15, 0.2) is 29.3 Å². The largest absolute Gasteiger partial charge is 0.465 e. The van der Waals surface area contributed by atoms with Gasteiger partial charge in [-0.15, -0.1) is 24.0 Å². The van der Waals surface area contributed by atoms with Gasteiger partial charge in [-0.05, 0) is 24.1 Å². The number of esters is 1. The molecule has 0 spiro atoms. The number of rotatable bonds is 7. The molecule has 0 amide bonds. The van der Waals surface area contributed by atoms with Crippen molar-refractivity contribution in [2.24, 2.45) is 4.99 Å². The molecule has 0 aliphatic heterocycles. The first-order valence-electron chi connectivity index (χ1n) is 6.82. The standard InChI is InChI=1S/C15H23N3O3.HI/c1-16-15(18-10-11-20-2)17-9-8-12-4-6-13(7-5-12)14(19)21-3;/h4-7H,8-11H2,1-3H3,(H2,16,17,18);1H.